The van der Waals surface area contributed by atoms with Crippen molar-refractivity contribution in [3.8, 4) is 16.9 Å². The fourth-order valence-corrected chi connectivity index (χ4v) is 2.97. The highest BCUT2D eigenvalue weighted by Crippen LogP contribution is 2.55. The van der Waals surface area contributed by atoms with Crippen molar-refractivity contribution < 1.29 is 23.0 Å². The van der Waals surface area contributed by atoms with Crippen molar-refractivity contribution in [2.45, 2.75) is 31.5 Å². The minimum Gasteiger partial charge on any atom is -0.494 e. The van der Waals surface area contributed by atoms with Crippen LogP contribution in [-0.2, 0) is 5.60 Å². The first-order chi connectivity index (χ1) is 10.9. The van der Waals surface area contributed by atoms with Crippen molar-refractivity contribution in [2.24, 2.45) is 0 Å². The second-order valence-electron chi connectivity index (χ2n) is 5.66. The smallest absolute Gasteiger partial charge is 0.425 e. The molecule has 0 aromatic heterocycles. The first-order valence-electron chi connectivity index (χ1n) is 7.56. The van der Waals surface area contributed by atoms with Gasteiger partial charge in [-0.3, -0.25) is 0 Å². The van der Waals surface area contributed by atoms with Crippen LogP contribution in [0.2, 0.25) is 0 Å². The Balaban J connectivity index is 2.12. The Morgan fingerprint density at radius 3 is 2.43 bits per heavy atom. The topological polar surface area (TPSA) is 29.5 Å². The van der Waals surface area contributed by atoms with Gasteiger partial charge in [-0.25, -0.2) is 0 Å². The summed E-state index contributed by atoms with van der Waals surface area (Å²) >= 11 is 0. The molecule has 2 aromatic carbocycles. The van der Waals surface area contributed by atoms with E-state index >= 15 is 0 Å². The zero-order chi connectivity index (χ0) is 16.7. The summed E-state index contributed by atoms with van der Waals surface area (Å²) in [7, 11) is 0. The summed E-state index contributed by atoms with van der Waals surface area (Å²) in [6.45, 7) is 2.44. The molecule has 0 saturated carbocycles. The summed E-state index contributed by atoms with van der Waals surface area (Å²) in [6, 6.07) is 10.6. The Morgan fingerprint density at radius 1 is 1.04 bits per heavy atom. The molecule has 5 heteroatoms. The van der Waals surface area contributed by atoms with Crippen LogP contribution < -0.4 is 4.74 Å². The quantitative estimate of drug-likeness (QED) is 0.831. The molecule has 122 valence electrons. The van der Waals surface area contributed by atoms with Crippen molar-refractivity contribution in [3.05, 3.63) is 53.6 Å². The third kappa shape index (κ3) is 2.39. The molecule has 0 amide bonds. The molecule has 23 heavy (non-hydrogen) atoms. The van der Waals surface area contributed by atoms with Gasteiger partial charge in [0.15, 0.2) is 0 Å². The van der Waals surface area contributed by atoms with E-state index in [0.717, 1.165) is 12.8 Å². The third-order valence-corrected chi connectivity index (χ3v) is 4.16. The number of benzene rings is 2. The number of unbranched alkanes of at least 4 members (excludes halogenated alkanes) is 1. The Labute approximate surface area is 132 Å². The summed E-state index contributed by atoms with van der Waals surface area (Å²) in [5.41, 5.74) is -2.50. The van der Waals surface area contributed by atoms with Crippen LogP contribution in [0.5, 0.6) is 5.75 Å². The summed E-state index contributed by atoms with van der Waals surface area (Å²) in [6.07, 6.45) is -3.06. The molecule has 1 aliphatic carbocycles. The lowest BCUT2D eigenvalue weighted by Crippen LogP contribution is -2.41. The van der Waals surface area contributed by atoms with Gasteiger partial charge in [0, 0.05) is 11.1 Å². The minimum absolute atomic E-state index is 0.131. The van der Waals surface area contributed by atoms with Crippen LogP contribution in [0, 0.1) is 0 Å². The van der Waals surface area contributed by atoms with E-state index in [1.807, 2.05) is 6.92 Å². The molecule has 0 heterocycles. The van der Waals surface area contributed by atoms with Gasteiger partial charge in [-0.1, -0.05) is 43.7 Å². The van der Waals surface area contributed by atoms with Crippen LogP contribution in [0.3, 0.4) is 0 Å². The van der Waals surface area contributed by atoms with Gasteiger partial charge in [-0.05, 0) is 29.7 Å². The van der Waals surface area contributed by atoms with Crippen LogP contribution in [0.15, 0.2) is 42.5 Å². The lowest BCUT2D eigenvalue weighted by atomic mass is 9.91. The van der Waals surface area contributed by atoms with E-state index in [9.17, 15) is 18.3 Å². The first-order valence-corrected chi connectivity index (χ1v) is 7.56. The number of alkyl halides is 3. The van der Waals surface area contributed by atoms with Crippen LogP contribution in [0.25, 0.3) is 11.1 Å². The van der Waals surface area contributed by atoms with Gasteiger partial charge in [0.05, 0.1) is 6.61 Å². The molecule has 1 unspecified atom stereocenters. The maximum Gasteiger partial charge on any atom is 0.425 e. The molecular formula is C18H17F3O2. The largest absolute Gasteiger partial charge is 0.494 e. The second-order valence-corrected chi connectivity index (χ2v) is 5.66. The molecule has 0 fully saturated rings. The number of rotatable bonds is 4. The maximum absolute atomic E-state index is 13.6. The molecule has 0 radical (unpaired) electrons. The van der Waals surface area contributed by atoms with Crippen LogP contribution in [0.1, 0.15) is 30.9 Å². The molecule has 2 nitrogen and oxygen atoms in total. The standard InChI is InChI=1S/C18H17F3O2/c1-2-3-10-23-12-8-9-14-13-6-4-5-7-15(13)17(22,16(14)11-12)18(19,20)21/h4-9,11,22H,2-3,10H2,1H3. The van der Waals surface area contributed by atoms with Gasteiger partial charge in [-0.15, -0.1) is 0 Å². The highest BCUT2D eigenvalue weighted by Gasteiger charge is 2.60. The Kier molecular flexibility index (Phi) is 3.84. The van der Waals surface area contributed by atoms with Gasteiger partial charge in [0.2, 0.25) is 5.60 Å². The summed E-state index contributed by atoms with van der Waals surface area (Å²) < 4.78 is 46.4. The number of hydrogen-bond donors (Lipinski definition) is 1. The monoisotopic (exact) mass is 322 g/mol. The lowest BCUT2D eigenvalue weighted by molar-refractivity contribution is -0.246. The average Bonchev–Trinajstić information content (AvgIpc) is 2.78. The van der Waals surface area contributed by atoms with Crippen molar-refractivity contribution in [3.63, 3.8) is 0 Å². The normalized spacial score (nSPS) is 19.3. The molecule has 0 spiro atoms. The highest BCUT2D eigenvalue weighted by atomic mass is 19.4. The van der Waals surface area contributed by atoms with E-state index in [-0.39, 0.29) is 11.1 Å². The molecule has 0 bridgehead atoms. The number of halogens is 3. The summed E-state index contributed by atoms with van der Waals surface area (Å²) in [4.78, 5) is 0. The van der Waals surface area contributed by atoms with Gasteiger partial charge in [0.1, 0.15) is 5.75 Å². The van der Waals surface area contributed by atoms with Crippen molar-refractivity contribution in [1.29, 1.82) is 0 Å². The second kappa shape index (κ2) is 5.57. The average molecular weight is 322 g/mol. The highest BCUT2D eigenvalue weighted by molar-refractivity contribution is 5.81. The van der Waals surface area contributed by atoms with Gasteiger partial charge in [0.25, 0.3) is 0 Å². The molecular weight excluding hydrogens is 305 g/mol. The van der Waals surface area contributed by atoms with Crippen molar-refractivity contribution >= 4 is 0 Å². The van der Waals surface area contributed by atoms with E-state index in [0.29, 0.717) is 23.5 Å². The van der Waals surface area contributed by atoms with Crippen molar-refractivity contribution in [2.75, 3.05) is 6.61 Å². The fraction of sp³-hybridized carbons (Fsp3) is 0.333. The van der Waals surface area contributed by atoms with E-state index in [1.165, 1.54) is 18.2 Å². The third-order valence-electron chi connectivity index (χ3n) is 4.16. The molecule has 0 saturated heterocycles. The molecule has 3 rings (SSSR count). The van der Waals surface area contributed by atoms with Gasteiger partial charge < -0.3 is 9.84 Å². The number of aliphatic hydroxyl groups is 1. The predicted molar refractivity (Wildman–Crippen MR) is 81.3 cm³/mol. The fourth-order valence-electron chi connectivity index (χ4n) is 2.97. The number of hydrogen-bond acceptors (Lipinski definition) is 2. The van der Waals surface area contributed by atoms with Gasteiger partial charge in [-0.2, -0.15) is 13.2 Å². The summed E-state index contributed by atoms with van der Waals surface area (Å²) in [5.74, 6) is 0.340. The zero-order valence-electron chi connectivity index (χ0n) is 12.7. The zero-order valence-corrected chi connectivity index (χ0v) is 12.7. The van der Waals surface area contributed by atoms with Crippen LogP contribution >= 0.6 is 0 Å². The van der Waals surface area contributed by atoms with Crippen molar-refractivity contribution in [1.82, 2.24) is 0 Å². The number of fused-ring (bicyclic) bond motifs is 3. The molecule has 0 aliphatic heterocycles. The Bertz CT molecular complexity index is 724. The molecule has 1 N–H and O–H groups in total. The first kappa shape index (κ1) is 15.9. The molecule has 1 aliphatic rings. The SMILES string of the molecule is CCCCOc1ccc2c(c1)C(O)(C(F)(F)F)c1ccccc1-2. The predicted octanol–water partition coefficient (Wildman–Crippen LogP) is 4.64. The lowest BCUT2D eigenvalue weighted by Gasteiger charge is -2.28. The number of ether oxygens (including phenoxy) is 1. The van der Waals surface area contributed by atoms with Crippen LogP contribution in [0.4, 0.5) is 13.2 Å². The van der Waals surface area contributed by atoms with E-state index in [4.69, 9.17) is 4.74 Å². The molecule has 1 atom stereocenters. The maximum atomic E-state index is 13.6. The van der Waals surface area contributed by atoms with E-state index in [1.54, 1.807) is 24.3 Å². The van der Waals surface area contributed by atoms with Gasteiger partial charge >= 0.3 is 6.18 Å². The van der Waals surface area contributed by atoms with E-state index < -0.39 is 11.8 Å². The van der Waals surface area contributed by atoms with Crippen LogP contribution in [-0.4, -0.2) is 17.9 Å². The molecule has 2 aromatic rings. The minimum atomic E-state index is -4.81. The Morgan fingerprint density at radius 2 is 1.74 bits per heavy atom. The van der Waals surface area contributed by atoms with E-state index in [2.05, 4.69) is 0 Å². The Hall–Kier alpha value is -2.01. The summed E-state index contributed by atoms with van der Waals surface area (Å²) in [5, 5.41) is 10.5.